The number of benzene rings is 1. The molecule has 0 unspecified atom stereocenters. The second-order valence-electron chi connectivity index (χ2n) is 3.49. The molecule has 0 spiro atoms. The summed E-state index contributed by atoms with van der Waals surface area (Å²) < 4.78 is 11.0. The van der Waals surface area contributed by atoms with Gasteiger partial charge in [-0.2, -0.15) is 0 Å². The Morgan fingerprint density at radius 1 is 1.33 bits per heavy atom. The largest absolute Gasteiger partial charge is 0.490 e. The number of halogens is 3. The summed E-state index contributed by atoms with van der Waals surface area (Å²) in [6, 6.07) is 3.50. The molecule has 0 saturated carbocycles. The molecule has 0 amide bonds. The highest BCUT2D eigenvalue weighted by Gasteiger charge is 2.08. The first-order valence-electron chi connectivity index (χ1n) is 5.31. The Kier molecular flexibility index (Phi) is 6.65. The second kappa shape index (κ2) is 7.74. The van der Waals surface area contributed by atoms with Crippen LogP contribution in [0.5, 0.6) is 11.5 Å². The van der Waals surface area contributed by atoms with Crippen LogP contribution in [0.1, 0.15) is 5.56 Å². The summed E-state index contributed by atoms with van der Waals surface area (Å²) >= 11 is 17.1. The summed E-state index contributed by atoms with van der Waals surface area (Å²) in [5.41, 5.74) is 6.26. The lowest BCUT2D eigenvalue weighted by atomic mass is 10.2. The van der Waals surface area contributed by atoms with Gasteiger partial charge in [-0.25, -0.2) is 0 Å². The fraction of sp³-hybridized carbons (Fsp3) is 0.333. The van der Waals surface area contributed by atoms with E-state index in [1.54, 1.807) is 12.1 Å². The first-order valence-corrected chi connectivity index (χ1v) is 6.45. The molecule has 0 atom stereocenters. The molecule has 0 saturated heterocycles. The monoisotopic (exact) mass is 309 g/mol. The van der Waals surface area contributed by atoms with E-state index < -0.39 is 0 Å². The van der Waals surface area contributed by atoms with Gasteiger partial charge >= 0.3 is 0 Å². The maximum atomic E-state index is 6.10. The number of rotatable bonds is 6. The highest BCUT2D eigenvalue weighted by molar-refractivity contribution is 6.55. The van der Waals surface area contributed by atoms with Crippen LogP contribution >= 0.6 is 34.8 Å². The van der Waals surface area contributed by atoms with E-state index in [9.17, 15) is 0 Å². The van der Waals surface area contributed by atoms with Crippen LogP contribution in [-0.4, -0.2) is 19.8 Å². The lowest BCUT2D eigenvalue weighted by Gasteiger charge is -2.12. The molecular formula is C12H14Cl3NO2. The lowest BCUT2D eigenvalue weighted by Crippen LogP contribution is -2.11. The highest BCUT2D eigenvalue weighted by Crippen LogP contribution is 2.33. The molecule has 0 aliphatic rings. The number of ether oxygens (including phenoxy) is 2. The Morgan fingerprint density at radius 3 is 2.61 bits per heavy atom. The van der Waals surface area contributed by atoms with E-state index in [1.165, 1.54) is 0 Å². The van der Waals surface area contributed by atoms with Gasteiger partial charge in [0.25, 0.3) is 0 Å². The number of aryl methyl sites for hydroxylation is 1. The maximum Gasteiger partial charge on any atom is 0.141 e. The molecule has 0 radical (unpaired) electrons. The molecule has 2 N–H and O–H groups in total. The van der Waals surface area contributed by atoms with Crippen molar-refractivity contribution < 1.29 is 9.47 Å². The fourth-order valence-corrected chi connectivity index (χ4v) is 1.76. The Morgan fingerprint density at radius 2 is 2.06 bits per heavy atom. The molecule has 100 valence electrons. The molecule has 1 aromatic rings. The highest BCUT2D eigenvalue weighted by atomic mass is 35.5. The predicted molar refractivity (Wildman–Crippen MR) is 76.0 cm³/mol. The van der Waals surface area contributed by atoms with Gasteiger partial charge in [-0.05, 0) is 24.6 Å². The minimum Gasteiger partial charge on any atom is -0.490 e. The summed E-state index contributed by atoms with van der Waals surface area (Å²) in [7, 11) is 0. The zero-order valence-electron chi connectivity index (χ0n) is 9.88. The summed E-state index contributed by atoms with van der Waals surface area (Å²) in [6.45, 7) is 3.02. The first kappa shape index (κ1) is 15.4. The molecule has 6 heteroatoms. The Bertz CT molecular complexity index is 408. The van der Waals surface area contributed by atoms with Gasteiger partial charge in [0, 0.05) is 12.6 Å². The van der Waals surface area contributed by atoms with E-state index in [4.69, 9.17) is 50.0 Å². The van der Waals surface area contributed by atoms with E-state index in [0.29, 0.717) is 29.7 Å². The quantitative estimate of drug-likeness (QED) is 0.871. The first-order chi connectivity index (χ1) is 8.54. The number of hydrogen-bond acceptors (Lipinski definition) is 3. The lowest BCUT2D eigenvalue weighted by molar-refractivity contribution is 0.324. The molecular weight excluding hydrogens is 296 g/mol. The van der Waals surface area contributed by atoms with Crippen molar-refractivity contribution in [2.75, 3.05) is 19.8 Å². The normalized spacial score (nSPS) is 10.1. The molecule has 18 heavy (non-hydrogen) atoms. The van der Waals surface area contributed by atoms with Gasteiger partial charge < -0.3 is 15.2 Å². The van der Waals surface area contributed by atoms with Crippen LogP contribution in [0.2, 0.25) is 5.02 Å². The topological polar surface area (TPSA) is 44.5 Å². The van der Waals surface area contributed by atoms with Crippen molar-refractivity contribution in [3.05, 3.63) is 33.3 Å². The van der Waals surface area contributed by atoms with Crippen LogP contribution in [0.3, 0.4) is 0 Å². The average molecular weight is 311 g/mol. The fourth-order valence-electron chi connectivity index (χ4n) is 1.33. The van der Waals surface area contributed by atoms with Gasteiger partial charge in [-0.15, -0.1) is 0 Å². The molecule has 0 heterocycles. The van der Waals surface area contributed by atoms with Crippen molar-refractivity contribution in [3.8, 4) is 11.5 Å². The minimum absolute atomic E-state index is 0.167. The van der Waals surface area contributed by atoms with Crippen LogP contribution in [0.15, 0.2) is 22.7 Å². The van der Waals surface area contributed by atoms with Crippen molar-refractivity contribution in [1.29, 1.82) is 0 Å². The Hall–Kier alpha value is -0.610. The summed E-state index contributed by atoms with van der Waals surface area (Å²) in [6.07, 6.45) is 1.55. The summed E-state index contributed by atoms with van der Waals surface area (Å²) in [4.78, 5) is 0. The van der Waals surface area contributed by atoms with Crippen molar-refractivity contribution in [2.24, 2.45) is 5.73 Å². The van der Waals surface area contributed by atoms with E-state index in [-0.39, 0.29) is 11.1 Å². The Balaban J connectivity index is 2.76. The molecule has 1 aromatic carbocycles. The smallest absolute Gasteiger partial charge is 0.141 e. The Labute approximate surface area is 121 Å². The summed E-state index contributed by atoms with van der Waals surface area (Å²) in [5, 5.41) is 0.486. The van der Waals surface area contributed by atoms with Crippen molar-refractivity contribution in [1.82, 2.24) is 0 Å². The van der Waals surface area contributed by atoms with Gasteiger partial charge in [0.1, 0.15) is 29.2 Å². The third kappa shape index (κ3) is 4.94. The SMILES string of the molecule is Cc1cc(OCC=C(Cl)Cl)cc(Cl)c1OCCN. The van der Waals surface area contributed by atoms with Gasteiger partial charge in [0.2, 0.25) is 0 Å². The van der Waals surface area contributed by atoms with Crippen molar-refractivity contribution >= 4 is 34.8 Å². The van der Waals surface area contributed by atoms with E-state index in [2.05, 4.69) is 0 Å². The minimum atomic E-state index is 0.167. The maximum absolute atomic E-state index is 6.10. The van der Waals surface area contributed by atoms with E-state index >= 15 is 0 Å². The molecule has 0 fully saturated rings. The third-order valence-corrected chi connectivity index (χ3v) is 2.64. The van der Waals surface area contributed by atoms with E-state index in [1.807, 2.05) is 13.0 Å². The van der Waals surface area contributed by atoms with Gasteiger partial charge in [0.15, 0.2) is 0 Å². The third-order valence-electron chi connectivity index (χ3n) is 2.05. The molecule has 3 nitrogen and oxygen atoms in total. The zero-order valence-corrected chi connectivity index (χ0v) is 12.1. The van der Waals surface area contributed by atoms with Crippen LogP contribution in [0.4, 0.5) is 0 Å². The van der Waals surface area contributed by atoms with Crippen molar-refractivity contribution in [2.45, 2.75) is 6.92 Å². The zero-order chi connectivity index (χ0) is 13.5. The molecule has 0 aliphatic heterocycles. The summed E-state index contributed by atoms with van der Waals surface area (Å²) in [5.74, 6) is 1.25. The predicted octanol–water partition coefficient (Wildman–Crippen LogP) is 3.68. The van der Waals surface area contributed by atoms with E-state index in [0.717, 1.165) is 5.56 Å². The molecule has 0 bridgehead atoms. The van der Waals surface area contributed by atoms with Crippen LogP contribution in [-0.2, 0) is 0 Å². The molecule has 0 aliphatic carbocycles. The second-order valence-corrected chi connectivity index (χ2v) is 4.91. The van der Waals surface area contributed by atoms with Crippen LogP contribution < -0.4 is 15.2 Å². The molecule has 1 rings (SSSR count). The number of hydrogen-bond donors (Lipinski definition) is 1. The standard InChI is InChI=1S/C12H14Cl3NO2/c1-8-6-9(17-4-2-11(14)15)7-10(13)12(8)18-5-3-16/h2,6-7H,3-5,16H2,1H3. The average Bonchev–Trinajstić information content (AvgIpc) is 2.27. The molecule has 0 aromatic heterocycles. The number of nitrogens with two attached hydrogens (primary N) is 1. The van der Waals surface area contributed by atoms with Gasteiger partial charge in [-0.3, -0.25) is 0 Å². The van der Waals surface area contributed by atoms with Crippen molar-refractivity contribution in [3.63, 3.8) is 0 Å². The van der Waals surface area contributed by atoms with Crippen LogP contribution in [0.25, 0.3) is 0 Å². The van der Waals surface area contributed by atoms with Gasteiger partial charge in [0.05, 0.1) is 5.02 Å². The van der Waals surface area contributed by atoms with Gasteiger partial charge in [-0.1, -0.05) is 34.8 Å². The van der Waals surface area contributed by atoms with Crippen LogP contribution in [0, 0.1) is 6.92 Å².